The van der Waals surface area contributed by atoms with Gasteiger partial charge in [0.25, 0.3) is 5.91 Å². The summed E-state index contributed by atoms with van der Waals surface area (Å²) < 4.78 is 0. The quantitative estimate of drug-likeness (QED) is 0.737. The molecular weight excluding hydrogens is 264 g/mol. The highest BCUT2D eigenvalue weighted by Crippen LogP contribution is 2.33. The molecule has 2 fully saturated rings. The number of amides is 1. The minimum absolute atomic E-state index is 0.0318. The summed E-state index contributed by atoms with van der Waals surface area (Å²) in [4.78, 5) is 19.9. The number of H-pyrrole nitrogens is 1. The van der Waals surface area contributed by atoms with Crippen molar-refractivity contribution in [1.29, 1.82) is 0 Å². The fourth-order valence-electron chi connectivity index (χ4n) is 2.97. The molecule has 5 nitrogen and oxygen atoms in total. The lowest BCUT2D eigenvalue weighted by Crippen LogP contribution is -2.63. The van der Waals surface area contributed by atoms with Crippen LogP contribution in [0.25, 0.3) is 11.0 Å². The number of imidazole rings is 1. The summed E-state index contributed by atoms with van der Waals surface area (Å²) in [5.41, 5.74) is 2.09. The molecule has 0 unspecified atom stereocenters. The van der Waals surface area contributed by atoms with Gasteiger partial charge < -0.3 is 10.3 Å². The maximum atomic E-state index is 12.6. The molecule has 0 radical (unpaired) electrons. The zero-order valence-corrected chi connectivity index (χ0v) is 12.0. The number of fused-ring (bicyclic) bond motifs is 1. The van der Waals surface area contributed by atoms with Crippen molar-refractivity contribution < 1.29 is 4.79 Å². The molecule has 0 saturated heterocycles. The zero-order valence-electron chi connectivity index (χ0n) is 12.0. The lowest BCUT2D eigenvalue weighted by molar-refractivity contribution is 0.0757. The number of benzene rings is 1. The standard InChI is InChI=1S/C16H20N4O/c21-15(12-3-1-4-13-14(12)18-10-17-13)20-16(7-2-8-16)19-9-11-5-6-11/h1,3-4,10-11,19H,2,5-9H2,(H,17,18)(H,20,21). The number of para-hydroxylation sites is 1. The van der Waals surface area contributed by atoms with E-state index in [1.54, 1.807) is 6.33 Å². The SMILES string of the molecule is O=C(NC1(NCC2CC2)CCC1)c1cccc2[nH]cnc12. The monoisotopic (exact) mass is 284 g/mol. The van der Waals surface area contributed by atoms with Crippen LogP contribution in [0.4, 0.5) is 0 Å². The average Bonchev–Trinajstić information content (AvgIpc) is 3.15. The molecule has 3 N–H and O–H groups in total. The Morgan fingerprint density at radius 3 is 2.95 bits per heavy atom. The normalized spacial score (nSPS) is 20.2. The molecule has 5 heteroatoms. The summed E-state index contributed by atoms with van der Waals surface area (Å²) in [5.74, 6) is 0.782. The summed E-state index contributed by atoms with van der Waals surface area (Å²) in [6.45, 7) is 1.02. The molecule has 0 spiro atoms. The smallest absolute Gasteiger partial charge is 0.254 e. The Morgan fingerprint density at radius 2 is 2.24 bits per heavy atom. The maximum Gasteiger partial charge on any atom is 0.254 e. The molecule has 2 aliphatic carbocycles. The number of hydrogen-bond donors (Lipinski definition) is 3. The fourth-order valence-corrected chi connectivity index (χ4v) is 2.97. The van der Waals surface area contributed by atoms with Crippen LogP contribution in [0.2, 0.25) is 0 Å². The summed E-state index contributed by atoms with van der Waals surface area (Å²) in [7, 11) is 0. The minimum Gasteiger partial charge on any atom is -0.345 e. The molecule has 0 aliphatic heterocycles. The van der Waals surface area contributed by atoms with Crippen molar-refractivity contribution in [2.24, 2.45) is 5.92 Å². The molecule has 1 aromatic carbocycles. The van der Waals surface area contributed by atoms with E-state index in [1.807, 2.05) is 18.2 Å². The first-order valence-electron chi connectivity index (χ1n) is 7.75. The van der Waals surface area contributed by atoms with Crippen LogP contribution >= 0.6 is 0 Å². The van der Waals surface area contributed by atoms with E-state index in [2.05, 4.69) is 20.6 Å². The van der Waals surface area contributed by atoms with Gasteiger partial charge in [-0.05, 0) is 50.2 Å². The fraction of sp³-hybridized carbons (Fsp3) is 0.500. The summed E-state index contributed by atoms with van der Waals surface area (Å²) in [6, 6.07) is 5.66. The van der Waals surface area contributed by atoms with Crippen molar-refractivity contribution in [3.63, 3.8) is 0 Å². The Morgan fingerprint density at radius 1 is 1.38 bits per heavy atom. The Hall–Kier alpha value is -1.88. The molecule has 110 valence electrons. The summed E-state index contributed by atoms with van der Waals surface area (Å²) in [6.07, 6.45) is 7.48. The highest BCUT2D eigenvalue weighted by atomic mass is 16.2. The molecule has 1 heterocycles. The van der Waals surface area contributed by atoms with Crippen molar-refractivity contribution in [2.45, 2.75) is 37.8 Å². The van der Waals surface area contributed by atoms with Gasteiger partial charge in [-0.2, -0.15) is 0 Å². The van der Waals surface area contributed by atoms with E-state index in [-0.39, 0.29) is 11.6 Å². The van der Waals surface area contributed by atoms with Crippen LogP contribution in [0.3, 0.4) is 0 Å². The third-order valence-electron chi connectivity index (χ3n) is 4.68. The second-order valence-corrected chi connectivity index (χ2v) is 6.32. The first-order chi connectivity index (χ1) is 10.3. The van der Waals surface area contributed by atoms with Crippen LogP contribution < -0.4 is 10.6 Å². The first kappa shape index (κ1) is 12.8. The van der Waals surface area contributed by atoms with Crippen LogP contribution in [0, 0.1) is 5.92 Å². The van der Waals surface area contributed by atoms with Gasteiger partial charge in [0.2, 0.25) is 0 Å². The molecule has 0 bridgehead atoms. The average molecular weight is 284 g/mol. The van der Waals surface area contributed by atoms with Gasteiger partial charge in [-0.25, -0.2) is 4.98 Å². The number of nitrogens with one attached hydrogen (secondary N) is 3. The number of aromatic nitrogens is 2. The number of rotatable bonds is 5. The lowest BCUT2D eigenvalue weighted by Gasteiger charge is -2.43. The molecule has 1 amide bonds. The van der Waals surface area contributed by atoms with E-state index in [0.717, 1.165) is 36.3 Å². The van der Waals surface area contributed by atoms with Crippen molar-refractivity contribution in [3.8, 4) is 0 Å². The van der Waals surface area contributed by atoms with Gasteiger partial charge in [-0.1, -0.05) is 6.07 Å². The van der Waals surface area contributed by atoms with E-state index in [0.29, 0.717) is 5.56 Å². The first-order valence-corrected chi connectivity index (χ1v) is 7.75. The van der Waals surface area contributed by atoms with Gasteiger partial charge in [-0.3, -0.25) is 10.1 Å². The maximum absolute atomic E-state index is 12.6. The third kappa shape index (κ3) is 2.42. The lowest BCUT2D eigenvalue weighted by atomic mass is 9.84. The van der Waals surface area contributed by atoms with Gasteiger partial charge in [0.1, 0.15) is 5.52 Å². The van der Waals surface area contributed by atoms with Crippen LogP contribution in [-0.4, -0.2) is 28.1 Å². The Kier molecular flexibility index (Phi) is 2.96. The predicted octanol–water partition coefficient (Wildman–Crippen LogP) is 2.17. The van der Waals surface area contributed by atoms with Crippen molar-refractivity contribution in [1.82, 2.24) is 20.6 Å². The van der Waals surface area contributed by atoms with E-state index in [9.17, 15) is 4.79 Å². The van der Waals surface area contributed by atoms with E-state index < -0.39 is 0 Å². The summed E-state index contributed by atoms with van der Waals surface area (Å²) in [5, 5.41) is 6.78. The number of nitrogens with zero attached hydrogens (tertiary/aromatic N) is 1. The van der Waals surface area contributed by atoms with Gasteiger partial charge in [0.05, 0.1) is 23.1 Å². The predicted molar refractivity (Wildman–Crippen MR) is 80.9 cm³/mol. The molecular formula is C16H20N4O. The summed E-state index contributed by atoms with van der Waals surface area (Å²) >= 11 is 0. The highest BCUT2D eigenvalue weighted by molar-refractivity contribution is 6.05. The second-order valence-electron chi connectivity index (χ2n) is 6.32. The van der Waals surface area contributed by atoms with Gasteiger partial charge in [-0.15, -0.1) is 0 Å². The van der Waals surface area contributed by atoms with Gasteiger partial charge >= 0.3 is 0 Å². The molecule has 2 aliphatic rings. The van der Waals surface area contributed by atoms with Crippen LogP contribution in [-0.2, 0) is 0 Å². The van der Waals surface area contributed by atoms with Crippen molar-refractivity contribution >= 4 is 16.9 Å². The second kappa shape index (κ2) is 4.84. The largest absolute Gasteiger partial charge is 0.345 e. The van der Waals surface area contributed by atoms with Gasteiger partial charge in [0, 0.05) is 6.54 Å². The van der Waals surface area contributed by atoms with Crippen LogP contribution in [0.5, 0.6) is 0 Å². The Bertz CT molecular complexity index is 670. The molecule has 0 atom stereocenters. The third-order valence-corrected chi connectivity index (χ3v) is 4.68. The highest BCUT2D eigenvalue weighted by Gasteiger charge is 2.39. The number of carbonyl (C=O) groups is 1. The van der Waals surface area contributed by atoms with Crippen molar-refractivity contribution in [2.75, 3.05) is 6.54 Å². The van der Waals surface area contributed by atoms with E-state index in [4.69, 9.17) is 0 Å². The molecule has 4 rings (SSSR count). The van der Waals surface area contributed by atoms with Gasteiger partial charge in [0.15, 0.2) is 0 Å². The molecule has 2 aromatic rings. The van der Waals surface area contributed by atoms with E-state index >= 15 is 0 Å². The molecule has 1 aromatic heterocycles. The Balaban J connectivity index is 1.52. The molecule has 21 heavy (non-hydrogen) atoms. The van der Waals surface area contributed by atoms with E-state index in [1.165, 1.54) is 19.3 Å². The zero-order chi connectivity index (χ0) is 14.3. The van der Waals surface area contributed by atoms with Crippen LogP contribution in [0.1, 0.15) is 42.5 Å². The number of carbonyl (C=O) groups excluding carboxylic acids is 1. The minimum atomic E-state index is -0.196. The number of hydrogen-bond acceptors (Lipinski definition) is 3. The van der Waals surface area contributed by atoms with Crippen LogP contribution in [0.15, 0.2) is 24.5 Å². The van der Waals surface area contributed by atoms with Crippen molar-refractivity contribution in [3.05, 3.63) is 30.1 Å². The number of aromatic amines is 1. The Labute approximate surface area is 123 Å². The topological polar surface area (TPSA) is 69.8 Å². The molecule has 2 saturated carbocycles.